The molecule has 1 aromatic heterocycles. The van der Waals surface area contributed by atoms with Crippen LogP contribution in [0.4, 0.5) is 5.82 Å². The minimum atomic E-state index is -1.14. The summed E-state index contributed by atoms with van der Waals surface area (Å²) in [5.74, 6) is -0.712. The zero-order chi connectivity index (χ0) is 13.1. The van der Waals surface area contributed by atoms with Gasteiger partial charge < -0.3 is 10.8 Å². The number of rotatable bonds is 3. The summed E-state index contributed by atoms with van der Waals surface area (Å²) in [5, 5.41) is 9.43. The van der Waals surface area contributed by atoms with Crippen molar-refractivity contribution in [3.63, 3.8) is 0 Å². The van der Waals surface area contributed by atoms with Gasteiger partial charge in [0.1, 0.15) is 17.2 Å². The number of carbonyl (C=O) groups is 1. The molecular weight excluding hydrogens is 254 g/mol. The molecule has 0 saturated carbocycles. The van der Waals surface area contributed by atoms with Gasteiger partial charge in [-0.3, -0.25) is 0 Å². The second-order valence-corrected chi connectivity index (χ2v) is 4.13. The standard InChI is InChI=1S/C12H10ClN3O2/c13-8-3-1-2-7(4-8)5-10-15-6-9(12(17)18)11(14)16-10/h1-4,6H,5H2,(H,17,18)(H2,14,15,16). The van der Waals surface area contributed by atoms with Crippen LogP contribution >= 0.6 is 11.6 Å². The second-order valence-electron chi connectivity index (χ2n) is 3.70. The Bertz CT molecular complexity index is 602. The van der Waals surface area contributed by atoms with Crippen LogP contribution in [0.15, 0.2) is 30.5 Å². The van der Waals surface area contributed by atoms with Crippen LogP contribution in [-0.2, 0) is 6.42 Å². The van der Waals surface area contributed by atoms with Crippen LogP contribution in [0.3, 0.4) is 0 Å². The number of aromatic carboxylic acids is 1. The minimum Gasteiger partial charge on any atom is -0.477 e. The van der Waals surface area contributed by atoms with Crippen LogP contribution in [0.5, 0.6) is 0 Å². The average molecular weight is 264 g/mol. The zero-order valence-corrected chi connectivity index (χ0v) is 10.1. The van der Waals surface area contributed by atoms with E-state index in [1.807, 2.05) is 12.1 Å². The van der Waals surface area contributed by atoms with Crippen molar-refractivity contribution >= 4 is 23.4 Å². The molecular formula is C12H10ClN3O2. The quantitative estimate of drug-likeness (QED) is 0.884. The molecule has 0 radical (unpaired) electrons. The predicted octanol–water partition coefficient (Wildman–Crippen LogP) is 2.00. The molecule has 2 rings (SSSR count). The number of carboxylic acid groups (broad SMARTS) is 1. The van der Waals surface area contributed by atoms with Gasteiger partial charge in [0.25, 0.3) is 0 Å². The van der Waals surface area contributed by atoms with Crippen molar-refractivity contribution in [2.75, 3.05) is 5.73 Å². The van der Waals surface area contributed by atoms with Crippen molar-refractivity contribution in [2.24, 2.45) is 0 Å². The minimum absolute atomic E-state index is 0.0328. The lowest BCUT2D eigenvalue weighted by molar-refractivity contribution is 0.0697. The Labute approximate surface area is 108 Å². The van der Waals surface area contributed by atoms with Gasteiger partial charge in [0.05, 0.1) is 0 Å². The Hall–Kier alpha value is -2.14. The van der Waals surface area contributed by atoms with E-state index in [0.717, 1.165) is 5.56 Å². The Morgan fingerprint density at radius 3 is 2.83 bits per heavy atom. The molecule has 5 nitrogen and oxygen atoms in total. The molecule has 1 aromatic carbocycles. The van der Waals surface area contributed by atoms with E-state index in [4.69, 9.17) is 22.4 Å². The fourth-order valence-electron chi connectivity index (χ4n) is 1.51. The number of nitrogen functional groups attached to an aromatic ring is 1. The molecule has 0 aliphatic rings. The molecule has 0 amide bonds. The van der Waals surface area contributed by atoms with Gasteiger partial charge >= 0.3 is 5.97 Å². The third-order valence-electron chi connectivity index (χ3n) is 2.35. The molecule has 0 spiro atoms. The summed E-state index contributed by atoms with van der Waals surface area (Å²) in [5.41, 5.74) is 6.39. The van der Waals surface area contributed by atoms with Gasteiger partial charge in [0.15, 0.2) is 0 Å². The van der Waals surface area contributed by atoms with Crippen molar-refractivity contribution in [3.8, 4) is 0 Å². The van der Waals surface area contributed by atoms with Crippen LogP contribution in [0.1, 0.15) is 21.7 Å². The molecule has 0 bridgehead atoms. The number of carboxylic acids is 1. The summed E-state index contributed by atoms with van der Waals surface area (Å²) in [7, 11) is 0. The van der Waals surface area contributed by atoms with E-state index in [-0.39, 0.29) is 11.4 Å². The lowest BCUT2D eigenvalue weighted by Crippen LogP contribution is -2.08. The first-order valence-electron chi connectivity index (χ1n) is 5.15. The van der Waals surface area contributed by atoms with Gasteiger partial charge in [-0.05, 0) is 17.7 Å². The fraction of sp³-hybridized carbons (Fsp3) is 0.0833. The normalized spacial score (nSPS) is 10.3. The van der Waals surface area contributed by atoms with E-state index in [1.54, 1.807) is 12.1 Å². The number of benzene rings is 1. The molecule has 3 N–H and O–H groups in total. The highest BCUT2D eigenvalue weighted by atomic mass is 35.5. The molecule has 2 aromatic rings. The number of anilines is 1. The first kappa shape index (κ1) is 12.3. The van der Waals surface area contributed by atoms with Crippen LogP contribution < -0.4 is 5.73 Å². The Kier molecular flexibility index (Phi) is 3.43. The molecule has 1 heterocycles. The zero-order valence-electron chi connectivity index (χ0n) is 9.30. The van der Waals surface area contributed by atoms with Crippen molar-refractivity contribution in [2.45, 2.75) is 6.42 Å². The van der Waals surface area contributed by atoms with Gasteiger partial charge in [0, 0.05) is 17.6 Å². The number of nitrogens with two attached hydrogens (primary N) is 1. The number of hydrogen-bond acceptors (Lipinski definition) is 4. The summed E-state index contributed by atoms with van der Waals surface area (Å²) in [4.78, 5) is 18.7. The molecule has 0 fully saturated rings. The van der Waals surface area contributed by atoms with E-state index >= 15 is 0 Å². The lowest BCUT2D eigenvalue weighted by atomic mass is 10.1. The van der Waals surface area contributed by atoms with E-state index in [2.05, 4.69) is 9.97 Å². The Morgan fingerprint density at radius 2 is 2.22 bits per heavy atom. The third-order valence-corrected chi connectivity index (χ3v) is 2.58. The highest BCUT2D eigenvalue weighted by Crippen LogP contribution is 2.14. The van der Waals surface area contributed by atoms with Crippen molar-refractivity contribution in [1.82, 2.24) is 9.97 Å². The maximum atomic E-state index is 10.8. The maximum Gasteiger partial charge on any atom is 0.341 e. The molecule has 92 valence electrons. The monoisotopic (exact) mass is 263 g/mol. The number of nitrogens with zero attached hydrogens (tertiary/aromatic N) is 2. The van der Waals surface area contributed by atoms with Crippen molar-refractivity contribution in [3.05, 3.63) is 52.4 Å². The molecule has 0 aliphatic carbocycles. The SMILES string of the molecule is Nc1nc(Cc2cccc(Cl)c2)ncc1C(=O)O. The lowest BCUT2D eigenvalue weighted by Gasteiger charge is -2.04. The first-order chi connectivity index (χ1) is 8.56. The third kappa shape index (κ3) is 2.75. The summed E-state index contributed by atoms with van der Waals surface area (Å²) in [6.45, 7) is 0. The van der Waals surface area contributed by atoms with Crippen LogP contribution in [0.2, 0.25) is 5.02 Å². The molecule has 0 atom stereocenters. The van der Waals surface area contributed by atoms with E-state index < -0.39 is 5.97 Å². The summed E-state index contributed by atoms with van der Waals surface area (Å²) < 4.78 is 0. The van der Waals surface area contributed by atoms with Crippen LogP contribution in [0, 0.1) is 0 Å². The first-order valence-corrected chi connectivity index (χ1v) is 5.53. The molecule has 18 heavy (non-hydrogen) atoms. The van der Waals surface area contributed by atoms with E-state index in [1.165, 1.54) is 6.20 Å². The number of halogens is 1. The highest BCUT2D eigenvalue weighted by molar-refractivity contribution is 6.30. The molecule has 6 heteroatoms. The molecule has 0 unspecified atom stereocenters. The summed E-state index contributed by atoms with van der Waals surface area (Å²) in [6.07, 6.45) is 1.66. The highest BCUT2D eigenvalue weighted by Gasteiger charge is 2.11. The van der Waals surface area contributed by atoms with Gasteiger partial charge in [0.2, 0.25) is 0 Å². The largest absolute Gasteiger partial charge is 0.477 e. The summed E-state index contributed by atoms with van der Waals surface area (Å²) in [6, 6.07) is 7.28. The van der Waals surface area contributed by atoms with Gasteiger partial charge in [-0.2, -0.15) is 0 Å². The van der Waals surface area contributed by atoms with Crippen molar-refractivity contribution < 1.29 is 9.90 Å². The molecule has 0 saturated heterocycles. The smallest absolute Gasteiger partial charge is 0.341 e. The average Bonchev–Trinajstić information content (AvgIpc) is 2.28. The van der Waals surface area contributed by atoms with E-state index in [0.29, 0.717) is 17.3 Å². The van der Waals surface area contributed by atoms with Crippen LogP contribution in [-0.4, -0.2) is 21.0 Å². The topological polar surface area (TPSA) is 89.1 Å². The van der Waals surface area contributed by atoms with Gasteiger partial charge in [-0.25, -0.2) is 14.8 Å². The Morgan fingerprint density at radius 1 is 1.44 bits per heavy atom. The fourth-order valence-corrected chi connectivity index (χ4v) is 1.73. The van der Waals surface area contributed by atoms with Crippen LogP contribution in [0.25, 0.3) is 0 Å². The number of hydrogen-bond donors (Lipinski definition) is 2. The molecule has 0 aliphatic heterocycles. The van der Waals surface area contributed by atoms with Gasteiger partial charge in [-0.15, -0.1) is 0 Å². The van der Waals surface area contributed by atoms with E-state index in [9.17, 15) is 4.79 Å². The number of aromatic nitrogens is 2. The Balaban J connectivity index is 2.25. The predicted molar refractivity (Wildman–Crippen MR) is 67.7 cm³/mol. The van der Waals surface area contributed by atoms with Crippen molar-refractivity contribution in [1.29, 1.82) is 0 Å². The maximum absolute atomic E-state index is 10.8. The summed E-state index contributed by atoms with van der Waals surface area (Å²) >= 11 is 5.87. The second kappa shape index (κ2) is 5.01. The van der Waals surface area contributed by atoms with Gasteiger partial charge in [-0.1, -0.05) is 23.7 Å².